The Morgan fingerprint density at radius 1 is 1.00 bits per heavy atom. The minimum Gasteiger partial charge on any atom is -0.406 e. The van der Waals surface area contributed by atoms with Crippen LogP contribution in [0.5, 0.6) is 5.75 Å². The van der Waals surface area contributed by atoms with Gasteiger partial charge in [0, 0.05) is 12.2 Å². The highest BCUT2D eigenvalue weighted by atomic mass is 19.4. The third-order valence-electron chi connectivity index (χ3n) is 2.96. The van der Waals surface area contributed by atoms with Crippen molar-refractivity contribution in [3.05, 3.63) is 59.7 Å². The Kier molecular flexibility index (Phi) is 4.73. The second-order valence-corrected chi connectivity index (χ2v) is 4.60. The number of aryl methyl sites for hydroxylation is 1. The van der Waals surface area contributed by atoms with E-state index < -0.39 is 6.36 Å². The summed E-state index contributed by atoms with van der Waals surface area (Å²) in [6.07, 6.45) is -3.73. The Balaban J connectivity index is 2.01. The topological polar surface area (TPSA) is 21.3 Å². The molecule has 0 atom stereocenters. The van der Waals surface area contributed by atoms with E-state index in [1.54, 1.807) is 12.1 Å². The van der Waals surface area contributed by atoms with E-state index in [9.17, 15) is 13.2 Å². The first-order valence-electron chi connectivity index (χ1n) is 6.64. The van der Waals surface area contributed by atoms with Crippen LogP contribution in [-0.2, 0) is 13.0 Å². The predicted molar refractivity (Wildman–Crippen MR) is 76.3 cm³/mol. The molecule has 0 aliphatic rings. The largest absolute Gasteiger partial charge is 0.573 e. The van der Waals surface area contributed by atoms with Crippen molar-refractivity contribution >= 4 is 5.69 Å². The maximum Gasteiger partial charge on any atom is 0.573 e. The molecular formula is C16H16F3NO. The highest BCUT2D eigenvalue weighted by Gasteiger charge is 2.31. The SMILES string of the molecule is CCc1cccc(NCc2cccc(OC(F)(F)F)c2)c1. The zero-order valence-electron chi connectivity index (χ0n) is 11.6. The van der Waals surface area contributed by atoms with E-state index in [4.69, 9.17) is 0 Å². The maximum atomic E-state index is 12.2. The number of nitrogens with one attached hydrogen (secondary N) is 1. The van der Waals surface area contributed by atoms with E-state index >= 15 is 0 Å². The van der Waals surface area contributed by atoms with Gasteiger partial charge < -0.3 is 10.1 Å². The first-order valence-corrected chi connectivity index (χ1v) is 6.64. The Hall–Kier alpha value is -2.17. The summed E-state index contributed by atoms with van der Waals surface area (Å²) in [6, 6.07) is 13.9. The molecule has 0 heterocycles. The molecule has 0 aliphatic carbocycles. The molecule has 0 saturated heterocycles. The zero-order chi connectivity index (χ0) is 15.3. The Labute approximate surface area is 121 Å². The summed E-state index contributed by atoms with van der Waals surface area (Å²) in [5, 5.41) is 3.19. The van der Waals surface area contributed by atoms with Gasteiger partial charge in [0.25, 0.3) is 0 Å². The molecule has 0 bridgehead atoms. The lowest BCUT2D eigenvalue weighted by atomic mass is 10.1. The summed E-state index contributed by atoms with van der Waals surface area (Å²) in [5.74, 6) is -0.205. The second-order valence-electron chi connectivity index (χ2n) is 4.60. The van der Waals surface area contributed by atoms with E-state index in [2.05, 4.69) is 17.0 Å². The lowest BCUT2D eigenvalue weighted by molar-refractivity contribution is -0.274. The molecule has 2 rings (SSSR count). The third-order valence-corrected chi connectivity index (χ3v) is 2.96. The van der Waals surface area contributed by atoms with Gasteiger partial charge in [-0.1, -0.05) is 31.2 Å². The van der Waals surface area contributed by atoms with Crippen LogP contribution in [0.4, 0.5) is 18.9 Å². The molecule has 2 nitrogen and oxygen atoms in total. The average molecular weight is 295 g/mol. The molecule has 5 heteroatoms. The van der Waals surface area contributed by atoms with Crippen molar-refractivity contribution in [2.45, 2.75) is 26.3 Å². The van der Waals surface area contributed by atoms with Crippen LogP contribution in [0.1, 0.15) is 18.1 Å². The van der Waals surface area contributed by atoms with Crippen molar-refractivity contribution in [3.8, 4) is 5.75 Å². The van der Waals surface area contributed by atoms with Gasteiger partial charge in [0.15, 0.2) is 0 Å². The number of halogens is 3. The molecule has 0 spiro atoms. The van der Waals surface area contributed by atoms with Crippen LogP contribution < -0.4 is 10.1 Å². The van der Waals surface area contributed by atoms with Crippen molar-refractivity contribution in [1.29, 1.82) is 0 Å². The van der Waals surface area contributed by atoms with E-state index in [0.29, 0.717) is 6.54 Å². The van der Waals surface area contributed by atoms with Crippen LogP contribution in [0.3, 0.4) is 0 Å². The van der Waals surface area contributed by atoms with Gasteiger partial charge in [0.1, 0.15) is 5.75 Å². The van der Waals surface area contributed by atoms with Gasteiger partial charge in [-0.25, -0.2) is 0 Å². The van der Waals surface area contributed by atoms with Gasteiger partial charge in [0.2, 0.25) is 0 Å². The van der Waals surface area contributed by atoms with E-state index in [-0.39, 0.29) is 5.75 Å². The minimum atomic E-state index is -4.67. The van der Waals surface area contributed by atoms with Gasteiger partial charge in [-0.2, -0.15) is 0 Å². The van der Waals surface area contributed by atoms with Crippen LogP contribution in [0, 0.1) is 0 Å². The Bertz CT molecular complexity index is 596. The fourth-order valence-corrected chi connectivity index (χ4v) is 1.96. The molecule has 2 aromatic rings. The molecule has 0 amide bonds. The fraction of sp³-hybridized carbons (Fsp3) is 0.250. The van der Waals surface area contributed by atoms with Crippen molar-refractivity contribution in [2.24, 2.45) is 0 Å². The monoisotopic (exact) mass is 295 g/mol. The maximum absolute atomic E-state index is 12.2. The molecule has 2 aromatic carbocycles. The van der Waals surface area contributed by atoms with Gasteiger partial charge in [0.05, 0.1) is 0 Å². The van der Waals surface area contributed by atoms with Crippen LogP contribution in [0.25, 0.3) is 0 Å². The van der Waals surface area contributed by atoms with Crippen LogP contribution in [0.15, 0.2) is 48.5 Å². The van der Waals surface area contributed by atoms with E-state index in [0.717, 1.165) is 17.7 Å². The summed E-state index contributed by atoms with van der Waals surface area (Å²) in [7, 11) is 0. The van der Waals surface area contributed by atoms with Crippen molar-refractivity contribution in [1.82, 2.24) is 0 Å². The number of alkyl halides is 3. The molecule has 0 fully saturated rings. The van der Waals surface area contributed by atoms with Crippen LogP contribution in [0.2, 0.25) is 0 Å². The number of hydrogen-bond acceptors (Lipinski definition) is 2. The summed E-state index contributed by atoms with van der Waals surface area (Å²) in [6.45, 7) is 2.50. The number of benzene rings is 2. The van der Waals surface area contributed by atoms with Crippen molar-refractivity contribution in [3.63, 3.8) is 0 Å². The molecule has 1 N–H and O–H groups in total. The van der Waals surface area contributed by atoms with Gasteiger partial charge in [-0.05, 0) is 41.8 Å². The number of rotatable bonds is 5. The smallest absolute Gasteiger partial charge is 0.406 e. The zero-order valence-corrected chi connectivity index (χ0v) is 11.6. The van der Waals surface area contributed by atoms with Gasteiger partial charge in [-0.3, -0.25) is 0 Å². The van der Waals surface area contributed by atoms with E-state index in [1.165, 1.54) is 17.7 Å². The van der Waals surface area contributed by atoms with Crippen molar-refractivity contribution < 1.29 is 17.9 Å². The standard InChI is InChI=1S/C16H16F3NO/c1-2-12-5-3-7-14(9-12)20-11-13-6-4-8-15(10-13)21-16(17,18)19/h3-10,20H,2,11H2,1H3. The highest BCUT2D eigenvalue weighted by molar-refractivity contribution is 5.46. The predicted octanol–water partition coefficient (Wildman–Crippen LogP) is 4.76. The Morgan fingerprint density at radius 3 is 2.43 bits per heavy atom. The van der Waals surface area contributed by atoms with Crippen LogP contribution >= 0.6 is 0 Å². The number of ether oxygens (including phenoxy) is 1. The van der Waals surface area contributed by atoms with Gasteiger partial charge in [-0.15, -0.1) is 13.2 Å². The van der Waals surface area contributed by atoms with Crippen LogP contribution in [-0.4, -0.2) is 6.36 Å². The first-order chi connectivity index (χ1) is 9.96. The summed E-state index contributed by atoms with van der Waals surface area (Å²) < 4.78 is 40.4. The molecule has 21 heavy (non-hydrogen) atoms. The molecule has 0 unspecified atom stereocenters. The highest BCUT2D eigenvalue weighted by Crippen LogP contribution is 2.23. The molecule has 0 aromatic heterocycles. The van der Waals surface area contributed by atoms with E-state index in [1.807, 2.05) is 24.3 Å². The molecular weight excluding hydrogens is 279 g/mol. The second kappa shape index (κ2) is 6.52. The average Bonchev–Trinajstić information content (AvgIpc) is 2.44. The van der Waals surface area contributed by atoms with Crippen molar-refractivity contribution in [2.75, 3.05) is 5.32 Å². The lowest BCUT2D eigenvalue weighted by Crippen LogP contribution is -2.17. The molecule has 0 aliphatic heterocycles. The fourth-order valence-electron chi connectivity index (χ4n) is 1.96. The summed E-state index contributed by atoms with van der Waals surface area (Å²) in [4.78, 5) is 0. The summed E-state index contributed by atoms with van der Waals surface area (Å²) in [5.41, 5.74) is 2.87. The third kappa shape index (κ3) is 5.02. The number of hydrogen-bond donors (Lipinski definition) is 1. The minimum absolute atomic E-state index is 0.205. The molecule has 112 valence electrons. The normalized spacial score (nSPS) is 11.2. The number of anilines is 1. The lowest BCUT2D eigenvalue weighted by Gasteiger charge is -2.11. The molecule has 0 saturated carbocycles. The molecule has 0 radical (unpaired) electrons. The van der Waals surface area contributed by atoms with Gasteiger partial charge >= 0.3 is 6.36 Å². The Morgan fingerprint density at radius 2 is 1.71 bits per heavy atom. The summed E-state index contributed by atoms with van der Waals surface area (Å²) >= 11 is 0. The first kappa shape index (κ1) is 15.2. The quantitative estimate of drug-likeness (QED) is 0.858.